The standard InChI is InChI=1S/C17H23N3O/c1-3-21-17-12-7-11-16(19-17)18-13-8-14-20(2)15-9-5-4-6-10-15/h4-7,9-12H,3,8,13-14H2,1-2H3,(H,18,19). The van der Waals surface area contributed by atoms with Crippen molar-refractivity contribution in [3.8, 4) is 5.88 Å². The molecule has 0 atom stereocenters. The molecule has 1 aromatic heterocycles. The molecule has 0 radical (unpaired) electrons. The minimum atomic E-state index is 0.637. The Labute approximate surface area is 126 Å². The third-order valence-electron chi connectivity index (χ3n) is 3.19. The Balaban J connectivity index is 1.73. The zero-order valence-electron chi connectivity index (χ0n) is 12.7. The average molecular weight is 285 g/mol. The van der Waals surface area contributed by atoms with Crippen LogP contribution in [0.4, 0.5) is 11.5 Å². The molecule has 0 saturated heterocycles. The Bertz CT molecular complexity index is 531. The normalized spacial score (nSPS) is 10.2. The predicted molar refractivity (Wildman–Crippen MR) is 88.2 cm³/mol. The highest BCUT2D eigenvalue weighted by atomic mass is 16.5. The SMILES string of the molecule is CCOc1cccc(NCCCN(C)c2ccccc2)n1. The molecular weight excluding hydrogens is 262 g/mol. The molecule has 2 rings (SSSR count). The lowest BCUT2D eigenvalue weighted by atomic mass is 10.3. The largest absolute Gasteiger partial charge is 0.478 e. The van der Waals surface area contributed by atoms with E-state index in [1.165, 1.54) is 5.69 Å². The molecule has 0 aliphatic rings. The number of anilines is 2. The molecular formula is C17H23N3O. The van der Waals surface area contributed by atoms with Crippen LogP contribution in [0.15, 0.2) is 48.5 Å². The van der Waals surface area contributed by atoms with E-state index in [4.69, 9.17) is 4.74 Å². The van der Waals surface area contributed by atoms with Crippen molar-refractivity contribution in [2.75, 3.05) is 37.0 Å². The zero-order chi connectivity index (χ0) is 14.9. The molecule has 21 heavy (non-hydrogen) atoms. The van der Waals surface area contributed by atoms with Crippen LogP contribution >= 0.6 is 0 Å². The predicted octanol–water partition coefficient (Wildman–Crippen LogP) is 3.42. The molecule has 0 aliphatic carbocycles. The molecule has 1 aromatic carbocycles. The summed E-state index contributed by atoms with van der Waals surface area (Å²) in [6.07, 6.45) is 1.05. The molecule has 1 heterocycles. The van der Waals surface area contributed by atoms with E-state index in [2.05, 4.69) is 46.5 Å². The number of rotatable bonds is 8. The van der Waals surface area contributed by atoms with Crippen LogP contribution in [0.1, 0.15) is 13.3 Å². The van der Waals surface area contributed by atoms with Crippen LogP contribution in [0.2, 0.25) is 0 Å². The summed E-state index contributed by atoms with van der Waals surface area (Å²) in [5, 5.41) is 3.33. The van der Waals surface area contributed by atoms with Crippen LogP contribution in [-0.4, -0.2) is 31.7 Å². The second kappa shape index (κ2) is 8.15. The Kier molecular flexibility index (Phi) is 5.88. The number of hydrogen-bond donors (Lipinski definition) is 1. The number of benzene rings is 1. The fourth-order valence-corrected chi connectivity index (χ4v) is 2.09. The van der Waals surface area contributed by atoms with Gasteiger partial charge in [-0.2, -0.15) is 4.98 Å². The van der Waals surface area contributed by atoms with Crippen LogP contribution in [0.3, 0.4) is 0 Å². The fourth-order valence-electron chi connectivity index (χ4n) is 2.09. The van der Waals surface area contributed by atoms with Crippen molar-refractivity contribution in [2.24, 2.45) is 0 Å². The van der Waals surface area contributed by atoms with Crippen molar-refractivity contribution >= 4 is 11.5 Å². The summed E-state index contributed by atoms with van der Waals surface area (Å²) in [5.74, 6) is 1.53. The monoisotopic (exact) mass is 285 g/mol. The van der Waals surface area contributed by atoms with E-state index in [-0.39, 0.29) is 0 Å². The van der Waals surface area contributed by atoms with E-state index >= 15 is 0 Å². The van der Waals surface area contributed by atoms with Gasteiger partial charge in [-0.25, -0.2) is 0 Å². The van der Waals surface area contributed by atoms with Gasteiger partial charge in [-0.3, -0.25) is 0 Å². The van der Waals surface area contributed by atoms with E-state index in [9.17, 15) is 0 Å². The lowest BCUT2D eigenvalue weighted by molar-refractivity contribution is 0.327. The molecule has 0 saturated carbocycles. The number of ether oxygens (including phenoxy) is 1. The molecule has 2 aromatic rings. The maximum atomic E-state index is 5.39. The Hall–Kier alpha value is -2.23. The van der Waals surface area contributed by atoms with Gasteiger partial charge in [0.2, 0.25) is 5.88 Å². The first kappa shape index (κ1) is 15.2. The van der Waals surface area contributed by atoms with Gasteiger partial charge in [-0.1, -0.05) is 24.3 Å². The molecule has 112 valence electrons. The summed E-state index contributed by atoms with van der Waals surface area (Å²) < 4.78 is 5.39. The molecule has 0 aliphatic heterocycles. The third-order valence-corrected chi connectivity index (χ3v) is 3.19. The van der Waals surface area contributed by atoms with E-state index in [1.807, 2.05) is 31.2 Å². The third kappa shape index (κ3) is 4.99. The second-order valence-electron chi connectivity index (χ2n) is 4.83. The minimum absolute atomic E-state index is 0.637. The molecule has 1 N–H and O–H groups in total. The van der Waals surface area contributed by atoms with Crippen molar-refractivity contribution in [1.29, 1.82) is 0 Å². The lowest BCUT2D eigenvalue weighted by Crippen LogP contribution is -2.20. The van der Waals surface area contributed by atoms with Gasteiger partial charge < -0.3 is 15.0 Å². The summed E-state index contributed by atoms with van der Waals surface area (Å²) >= 11 is 0. The zero-order valence-corrected chi connectivity index (χ0v) is 12.7. The van der Waals surface area contributed by atoms with E-state index in [0.29, 0.717) is 12.5 Å². The van der Waals surface area contributed by atoms with Crippen LogP contribution in [0, 0.1) is 0 Å². The van der Waals surface area contributed by atoms with Crippen LogP contribution in [0.5, 0.6) is 5.88 Å². The first-order valence-electron chi connectivity index (χ1n) is 7.39. The smallest absolute Gasteiger partial charge is 0.215 e. The Morgan fingerprint density at radius 3 is 2.67 bits per heavy atom. The van der Waals surface area contributed by atoms with Gasteiger partial charge in [0, 0.05) is 31.9 Å². The van der Waals surface area contributed by atoms with Gasteiger partial charge in [-0.05, 0) is 31.5 Å². The minimum Gasteiger partial charge on any atom is -0.478 e. The molecule has 4 nitrogen and oxygen atoms in total. The molecule has 0 unspecified atom stereocenters. The van der Waals surface area contributed by atoms with Crippen molar-refractivity contribution < 1.29 is 4.74 Å². The maximum absolute atomic E-state index is 5.39. The van der Waals surface area contributed by atoms with Crippen LogP contribution in [-0.2, 0) is 0 Å². The molecule has 0 spiro atoms. The summed E-state index contributed by atoms with van der Waals surface area (Å²) in [5.41, 5.74) is 1.24. The highest BCUT2D eigenvalue weighted by molar-refractivity contribution is 5.45. The first-order chi connectivity index (χ1) is 10.3. The van der Waals surface area contributed by atoms with E-state index < -0.39 is 0 Å². The highest BCUT2D eigenvalue weighted by Gasteiger charge is 2.00. The van der Waals surface area contributed by atoms with Gasteiger partial charge in [-0.15, -0.1) is 0 Å². The van der Waals surface area contributed by atoms with Crippen molar-refractivity contribution in [3.63, 3.8) is 0 Å². The second-order valence-corrected chi connectivity index (χ2v) is 4.83. The lowest BCUT2D eigenvalue weighted by Gasteiger charge is -2.19. The van der Waals surface area contributed by atoms with Gasteiger partial charge in [0.1, 0.15) is 5.82 Å². The average Bonchev–Trinajstić information content (AvgIpc) is 2.53. The molecule has 0 bridgehead atoms. The molecule has 0 amide bonds. The number of aromatic nitrogens is 1. The number of pyridine rings is 1. The van der Waals surface area contributed by atoms with Gasteiger partial charge >= 0.3 is 0 Å². The summed E-state index contributed by atoms with van der Waals surface area (Å²) in [4.78, 5) is 6.65. The van der Waals surface area contributed by atoms with Gasteiger partial charge in [0.05, 0.1) is 6.61 Å². The summed E-state index contributed by atoms with van der Waals surface area (Å²) in [7, 11) is 2.11. The Morgan fingerprint density at radius 2 is 1.90 bits per heavy atom. The van der Waals surface area contributed by atoms with Crippen molar-refractivity contribution in [2.45, 2.75) is 13.3 Å². The number of para-hydroxylation sites is 1. The highest BCUT2D eigenvalue weighted by Crippen LogP contribution is 2.12. The van der Waals surface area contributed by atoms with Crippen molar-refractivity contribution in [1.82, 2.24) is 4.98 Å². The van der Waals surface area contributed by atoms with E-state index in [1.54, 1.807) is 0 Å². The molecule has 0 fully saturated rings. The fraction of sp³-hybridized carbons (Fsp3) is 0.353. The summed E-state index contributed by atoms with van der Waals surface area (Å²) in [6.45, 7) is 4.49. The Morgan fingerprint density at radius 1 is 1.10 bits per heavy atom. The topological polar surface area (TPSA) is 37.4 Å². The van der Waals surface area contributed by atoms with E-state index in [0.717, 1.165) is 25.3 Å². The number of hydrogen-bond acceptors (Lipinski definition) is 4. The van der Waals surface area contributed by atoms with Crippen LogP contribution in [0.25, 0.3) is 0 Å². The van der Waals surface area contributed by atoms with Crippen LogP contribution < -0.4 is 15.0 Å². The molecule has 4 heteroatoms. The summed E-state index contributed by atoms with van der Waals surface area (Å²) in [6, 6.07) is 16.2. The maximum Gasteiger partial charge on any atom is 0.215 e. The van der Waals surface area contributed by atoms with Gasteiger partial charge in [0.25, 0.3) is 0 Å². The number of nitrogens with one attached hydrogen (secondary N) is 1. The first-order valence-corrected chi connectivity index (χ1v) is 7.39. The quantitative estimate of drug-likeness (QED) is 0.754. The van der Waals surface area contributed by atoms with Crippen molar-refractivity contribution in [3.05, 3.63) is 48.5 Å². The number of nitrogens with zero attached hydrogens (tertiary/aromatic N) is 2. The van der Waals surface area contributed by atoms with Gasteiger partial charge in [0.15, 0.2) is 0 Å².